The van der Waals surface area contributed by atoms with Gasteiger partial charge in [0, 0.05) is 25.6 Å². The molecule has 5 N–H and O–H groups in total. The van der Waals surface area contributed by atoms with Crippen molar-refractivity contribution in [3.8, 4) is 5.88 Å². The molecule has 1 fully saturated rings. The van der Waals surface area contributed by atoms with Gasteiger partial charge >= 0.3 is 30.4 Å². The maximum absolute atomic E-state index is 13.7. The Morgan fingerprint density at radius 1 is 0.929 bits per heavy atom. The largest absolute Gasteiger partial charge is 0.481 e. The number of carboxylic acids is 2. The van der Waals surface area contributed by atoms with E-state index in [0.29, 0.717) is 44.1 Å². The van der Waals surface area contributed by atoms with Crippen LogP contribution in [0.15, 0.2) is 36.5 Å². The van der Waals surface area contributed by atoms with Crippen LogP contribution in [0.1, 0.15) is 72.4 Å². The number of methoxy groups -OCH3 is 1. The predicted octanol–water partition coefficient (Wildman–Crippen LogP) is 5.38. The highest BCUT2D eigenvalue weighted by Gasteiger charge is 2.47. The van der Waals surface area contributed by atoms with Gasteiger partial charge in [0.05, 0.1) is 92.4 Å². The molecule has 5 rings (SSSR count). The molecule has 2 aromatic heterocycles. The first-order chi connectivity index (χ1) is 26.3. The van der Waals surface area contributed by atoms with Gasteiger partial charge < -0.3 is 40.2 Å². The Morgan fingerprint density at radius 2 is 1.52 bits per heavy atom. The van der Waals surface area contributed by atoms with E-state index in [1.54, 1.807) is 6.92 Å². The van der Waals surface area contributed by atoms with Gasteiger partial charge in [-0.15, -0.1) is 0 Å². The van der Waals surface area contributed by atoms with E-state index < -0.39 is 53.1 Å². The number of anilines is 2. The van der Waals surface area contributed by atoms with Crippen LogP contribution in [0.2, 0.25) is 0 Å². The molecule has 0 aliphatic carbocycles. The van der Waals surface area contributed by atoms with Crippen LogP contribution in [-0.4, -0.2) is 101 Å². The Kier molecular flexibility index (Phi) is 14.1. The third kappa shape index (κ3) is 10.9. The van der Waals surface area contributed by atoms with Crippen LogP contribution >= 0.6 is 0 Å². The van der Waals surface area contributed by atoms with Crippen molar-refractivity contribution in [1.82, 2.24) is 15.0 Å². The number of rotatable bonds is 12. The number of halogens is 6. The fourth-order valence-electron chi connectivity index (χ4n) is 6.13. The molecule has 0 spiro atoms. The van der Waals surface area contributed by atoms with Crippen LogP contribution in [0.5, 0.6) is 5.88 Å². The first-order valence-corrected chi connectivity index (χ1v) is 17.1. The molecule has 56 heavy (non-hydrogen) atoms. The number of carboxylic acid groups (broad SMARTS) is 3. The van der Waals surface area contributed by atoms with Gasteiger partial charge in [0.15, 0.2) is 0 Å². The summed E-state index contributed by atoms with van der Waals surface area (Å²) in [6.45, 7) is 3.35. The molecule has 21 heteroatoms. The lowest BCUT2D eigenvalue weighted by Crippen LogP contribution is -2.61. The van der Waals surface area contributed by atoms with Gasteiger partial charge in [0.2, 0.25) is 5.88 Å². The van der Waals surface area contributed by atoms with Crippen LogP contribution in [0.25, 0.3) is 0 Å². The Morgan fingerprint density at radius 3 is 2.02 bits per heavy atom. The van der Waals surface area contributed by atoms with E-state index >= 15 is 0 Å². The summed E-state index contributed by atoms with van der Waals surface area (Å²) in [4.78, 5) is 48.8. The fraction of sp³-hybridized carbons (Fsp3) is 0.486. The molecule has 306 valence electrons. The Balaban J connectivity index is 0.000000552. The molecule has 15 nitrogen and oxygen atoms in total. The lowest BCUT2D eigenvalue weighted by atomic mass is 9.83. The molecule has 1 amide bonds. The van der Waals surface area contributed by atoms with Gasteiger partial charge in [-0.05, 0) is 42.7 Å². The molecule has 0 unspecified atom stereocenters. The van der Waals surface area contributed by atoms with E-state index in [1.807, 2.05) is 4.90 Å². The highest BCUT2D eigenvalue weighted by Crippen LogP contribution is 2.45. The number of nitrogens with two attached hydrogens (primary N) is 1. The number of morpholine rings is 1. The minimum atomic E-state index is -5.02. The third-order valence-electron chi connectivity index (χ3n) is 8.93. The average molecular weight is 803 g/mol. The number of aliphatic carboxylic acids is 2. The smallest absolute Gasteiger partial charge is 0.416 e. The lowest BCUT2D eigenvalue weighted by Gasteiger charge is -2.45. The Labute approximate surface area is 316 Å². The van der Waals surface area contributed by atoms with E-state index in [9.17, 15) is 45.8 Å². The summed E-state index contributed by atoms with van der Waals surface area (Å²) >= 11 is 0. The van der Waals surface area contributed by atoms with E-state index in [-0.39, 0.29) is 85.7 Å². The van der Waals surface area contributed by atoms with Crippen LogP contribution in [0.3, 0.4) is 0 Å². The summed E-state index contributed by atoms with van der Waals surface area (Å²) in [5.41, 5.74) is 3.13. The second-order valence-electron chi connectivity index (χ2n) is 12.7. The normalized spacial score (nSPS) is 18.4. The minimum absolute atomic E-state index is 0.0128. The number of benzene rings is 1. The summed E-state index contributed by atoms with van der Waals surface area (Å²) in [7, 11) is 1.39. The first-order valence-electron chi connectivity index (χ1n) is 17.1. The van der Waals surface area contributed by atoms with E-state index in [2.05, 4.69) is 9.97 Å². The van der Waals surface area contributed by atoms with Gasteiger partial charge in [-0.2, -0.15) is 26.3 Å². The van der Waals surface area contributed by atoms with Crippen molar-refractivity contribution in [2.24, 2.45) is 5.73 Å². The van der Waals surface area contributed by atoms with Gasteiger partial charge in [-0.3, -0.25) is 14.5 Å². The second kappa shape index (κ2) is 18.1. The second-order valence-corrected chi connectivity index (χ2v) is 12.7. The fourth-order valence-corrected chi connectivity index (χ4v) is 6.13. The third-order valence-corrected chi connectivity index (χ3v) is 8.93. The quantitative estimate of drug-likeness (QED) is 0.134. The van der Waals surface area contributed by atoms with E-state index in [4.69, 9.17) is 35.1 Å². The van der Waals surface area contributed by atoms with Crippen LogP contribution < -0.4 is 20.3 Å². The number of nitrogens with zero attached hydrogens (tertiary/aromatic N) is 5. The molecule has 1 aromatic carbocycles. The number of alkyl halides is 6. The molecule has 4 heterocycles. The Hall–Kier alpha value is -5.28. The van der Waals surface area contributed by atoms with Crippen molar-refractivity contribution in [2.45, 2.75) is 63.0 Å². The van der Waals surface area contributed by atoms with Crippen molar-refractivity contribution in [3.05, 3.63) is 70.4 Å². The van der Waals surface area contributed by atoms with Crippen LogP contribution in [-0.2, 0) is 37.8 Å². The molecule has 0 saturated carbocycles. The van der Waals surface area contributed by atoms with Gasteiger partial charge in [0.1, 0.15) is 11.5 Å². The SMILES string of the molecule is CC[C@]1(N)C[C@H](c2ncc(N3CCOCC3)c(Cc3cc(C(F)(F)F)cc(C(F)(F)F)c3)n2)c2nc(OC)ccc2N1C(=O)O.O=C(O)CCOCCC(=O)O. The standard InChI is InChI=1S/C29H30F6N6O4.C6H10O5/c1-3-27(36)14-19(24-21(41(27)26(42)43)4-5-23(39-24)44-2)25-37-15-22(40-6-8-45-9-7-40)20(38-25)12-16-10-17(28(30,31)32)13-18(11-16)29(33,34)35;7-5(8)1-3-11-4-2-6(9)10/h4-5,10-11,13,15,19H,3,6-9,12,14,36H2,1-2H3,(H,42,43);1-4H2,(H,7,8)(H,9,10)/t19-,27+;/m0./s1. The summed E-state index contributed by atoms with van der Waals surface area (Å²) in [6.07, 6.45) is -10.2. The number of hydrogen-bond donors (Lipinski definition) is 4. The van der Waals surface area contributed by atoms with Crippen molar-refractivity contribution < 1.29 is 70.3 Å². The Bertz CT molecular complexity index is 1830. The van der Waals surface area contributed by atoms with Gasteiger partial charge in [-0.1, -0.05) is 6.92 Å². The summed E-state index contributed by atoms with van der Waals surface area (Å²) in [6, 6.07) is 4.41. The number of fused-ring (bicyclic) bond motifs is 1. The average Bonchev–Trinajstić information content (AvgIpc) is 3.13. The molecule has 2 aliphatic heterocycles. The van der Waals surface area contributed by atoms with Crippen molar-refractivity contribution in [3.63, 3.8) is 0 Å². The van der Waals surface area contributed by atoms with Crippen molar-refractivity contribution >= 4 is 29.4 Å². The topological polar surface area (TPSA) is 211 Å². The zero-order valence-corrected chi connectivity index (χ0v) is 30.2. The molecule has 2 aliphatic rings. The van der Waals surface area contributed by atoms with Crippen LogP contribution in [0, 0.1) is 0 Å². The number of carbonyl (C=O) groups is 3. The molecule has 3 aromatic rings. The maximum atomic E-state index is 13.7. The van der Waals surface area contributed by atoms with Gasteiger partial charge in [0.25, 0.3) is 0 Å². The minimum Gasteiger partial charge on any atom is -0.481 e. The molecule has 0 bridgehead atoms. The number of hydrogen-bond acceptors (Lipinski definition) is 11. The van der Waals surface area contributed by atoms with Crippen LogP contribution in [0.4, 0.5) is 42.5 Å². The number of ether oxygens (including phenoxy) is 3. The van der Waals surface area contributed by atoms with E-state index in [0.717, 1.165) is 4.90 Å². The highest BCUT2D eigenvalue weighted by atomic mass is 19.4. The first kappa shape index (κ1) is 43.4. The predicted molar refractivity (Wildman–Crippen MR) is 185 cm³/mol. The molecule has 2 atom stereocenters. The van der Waals surface area contributed by atoms with Crippen molar-refractivity contribution in [1.29, 1.82) is 0 Å². The zero-order valence-electron chi connectivity index (χ0n) is 30.2. The van der Waals surface area contributed by atoms with Crippen molar-refractivity contribution in [2.75, 3.05) is 56.4 Å². The highest BCUT2D eigenvalue weighted by molar-refractivity contribution is 5.89. The zero-order chi connectivity index (χ0) is 41.4. The monoisotopic (exact) mass is 802 g/mol. The van der Waals surface area contributed by atoms with Gasteiger partial charge in [-0.25, -0.2) is 19.7 Å². The summed E-state index contributed by atoms with van der Waals surface area (Å²) in [5.74, 6) is -2.37. The van der Waals surface area contributed by atoms with E-state index in [1.165, 1.54) is 25.4 Å². The molecule has 1 saturated heterocycles. The molecular formula is C35H40F6N6O9. The summed E-state index contributed by atoms with van der Waals surface area (Å²) < 4.78 is 97.3. The number of pyridine rings is 1. The summed E-state index contributed by atoms with van der Waals surface area (Å²) in [5, 5.41) is 26.3. The lowest BCUT2D eigenvalue weighted by molar-refractivity contribution is -0.143. The molecule has 0 radical (unpaired) electrons. The molecular weight excluding hydrogens is 762 g/mol. The number of aromatic nitrogens is 3. The maximum Gasteiger partial charge on any atom is 0.416 e. The number of amides is 1.